The van der Waals surface area contributed by atoms with E-state index in [-0.39, 0.29) is 0 Å². The van der Waals surface area contributed by atoms with Gasteiger partial charge in [-0.25, -0.2) is 0 Å². The summed E-state index contributed by atoms with van der Waals surface area (Å²) in [5.41, 5.74) is 1.19. The SMILES string of the molecule is CNC(CCC1CCCCO1)c1cc(C)c(Cl)s1. The quantitative estimate of drug-likeness (QED) is 0.871. The molecule has 0 spiro atoms. The number of rotatable bonds is 5. The maximum atomic E-state index is 6.15. The van der Waals surface area contributed by atoms with Gasteiger partial charge in [-0.15, -0.1) is 11.3 Å². The van der Waals surface area contributed by atoms with Gasteiger partial charge >= 0.3 is 0 Å². The first-order valence-corrected chi connectivity index (χ1v) is 7.95. The molecule has 0 aromatic carbocycles. The van der Waals surface area contributed by atoms with Gasteiger partial charge in [-0.1, -0.05) is 11.6 Å². The second-order valence-electron chi connectivity index (χ2n) is 5.01. The van der Waals surface area contributed by atoms with E-state index in [2.05, 4.69) is 18.3 Å². The lowest BCUT2D eigenvalue weighted by Crippen LogP contribution is -2.22. The lowest BCUT2D eigenvalue weighted by atomic mass is 10.0. The smallest absolute Gasteiger partial charge is 0.0960 e. The molecule has 1 fully saturated rings. The van der Waals surface area contributed by atoms with Gasteiger partial charge in [0, 0.05) is 17.5 Å². The molecule has 2 atom stereocenters. The molecule has 2 unspecified atom stereocenters. The van der Waals surface area contributed by atoms with Crippen molar-refractivity contribution in [1.82, 2.24) is 5.32 Å². The predicted molar refractivity (Wildman–Crippen MR) is 78.7 cm³/mol. The van der Waals surface area contributed by atoms with Crippen molar-refractivity contribution >= 4 is 22.9 Å². The van der Waals surface area contributed by atoms with Crippen LogP contribution in [0.25, 0.3) is 0 Å². The summed E-state index contributed by atoms with van der Waals surface area (Å²) in [6.07, 6.45) is 6.49. The van der Waals surface area contributed by atoms with Crippen LogP contribution in [0.4, 0.5) is 0 Å². The summed E-state index contributed by atoms with van der Waals surface area (Å²) in [6.45, 7) is 3.01. The molecule has 1 saturated heterocycles. The fraction of sp³-hybridized carbons (Fsp3) is 0.714. The average Bonchev–Trinajstić information content (AvgIpc) is 2.71. The fourth-order valence-corrected chi connectivity index (χ4v) is 3.83. The van der Waals surface area contributed by atoms with Gasteiger partial charge < -0.3 is 10.1 Å². The Labute approximate surface area is 119 Å². The maximum Gasteiger partial charge on any atom is 0.0960 e. The third-order valence-corrected chi connectivity index (χ3v) is 5.29. The van der Waals surface area contributed by atoms with Crippen LogP contribution in [0.3, 0.4) is 0 Å². The van der Waals surface area contributed by atoms with E-state index in [0.717, 1.165) is 23.8 Å². The Hall–Kier alpha value is -0.0900. The first-order chi connectivity index (χ1) is 8.70. The number of thiophene rings is 1. The zero-order valence-corrected chi connectivity index (χ0v) is 12.7. The van der Waals surface area contributed by atoms with E-state index in [9.17, 15) is 0 Å². The number of hydrogen-bond acceptors (Lipinski definition) is 3. The van der Waals surface area contributed by atoms with Crippen LogP contribution in [0.2, 0.25) is 4.34 Å². The Morgan fingerprint density at radius 1 is 1.56 bits per heavy atom. The van der Waals surface area contributed by atoms with Gasteiger partial charge in [0.15, 0.2) is 0 Å². The summed E-state index contributed by atoms with van der Waals surface area (Å²) in [5.74, 6) is 0. The Balaban J connectivity index is 1.88. The Morgan fingerprint density at radius 3 is 2.94 bits per heavy atom. The monoisotopic (exact) mass is 287 g/mol. The lowest BCUT2D eigenvalue weighted by molar-refractivity contribution is 0.00871. The van der Waals surface area contributed by atoms with E-state index in [1.807, 2.05) is 7.05 Å². The minimum atomic E-state index is 0.409. The molecule has 18 heavy (non-hydrogen) atoms. The molecular formula is C14H22ClNOS. The molecule has 1 aliphatic heterocycles. The van der Waals surface area contributed by atoms with Crippen molar-refractivity contribution in [3.63, 3.8) is 0 Å². The molecule has 1 aliphatic rings. The summed E-state index contributed by atoms with van der Waals surface area (Å²) in [6, 6.07) is 2.61. The maximum absolute atomic E-state index is 6.15. The molecule has 2 nitrogen and oxygen atoms in total. The van der Waals surface area contributed by atoms with Crippen molar-refractivity contribution in [2.75, 3.05) is 13.7 Å². The highest BCUT2D eigenvalue weighted by molar-refractivity contribution is 7.16. The molecule has 1 N–H and O–H groups in total. The minimum absolute atomic E-state index is 0.409. The summed E-state index contributed by atoms with van der Waals surface area (Å²) < 4.78 is 6.70. The van der Waals surface area contributed by atoms with Crippen molar-refractivity contribution in [2.24, 2.45) is 0 Å². The molecule has 1 aromatic rings. The molecule has 1 aromatic heterocycles. The second kappa shape index (κ2) is 6.90. The summed E-state index contributed by atoms with van der Waals surface area (Å²) in [5, 5.41) is 3.39. The Kier molecular flexibility index (Phi) is 5.49. The standard InChI is InChI=1S/C14H22ClNOS/c1-10-9-13(18-14(10)15)12(16-2)7-6-11-5-3-4-8-17-11/h9,11-12,16H,3-8H2,1-2H3. The normalized spacial score (nSPS) is 22.1. The molecule has 0 amide bonds. The van der Waals surface area contributed by atoms with Crippen LogP contribution in [-0.2, 0) is 4.74 Å². The Morgan fingerprint density at radius 2 is 2.39 bits per heavy atom. The molecule has 0 aliphatic carbocycles. The summed E-state index contributed by atoms with van der Waals surface area (Å²) in [4.78, 5) is 1.34. The van der Waals surface area contributed by atoms with Gasteiger partial charge in [-0.3, -0.25) is 0 Å². The molecule has 0 radical (unpaired) electrons. The van der Waals surface area contributed by atoms with E-state index in [4.69, 9.17) is 16.3 Å². The summed E-state index contributed by atoms with van der Waals surface area (Å²) in [7, 11) is 2.02. The minimum Gasteiger partial charge on any atom is -0.378 e. The first-order valence-electron chi connectivity index (χ1n) is 6.75. The van der Waals surface area contributed by atoms with Gasteiger partial charge in [-0.2, -0.15) is 0 Å². The molecule has 2 heterocycles. The highest BCUT2D eigenvalue weighted by Crippen LogP contribution is 2.33. The second-order valence-corrected chi connectivity index (χ2v) is 6.70. The van der Waals surface area contributed by atoms with Crippen LogP contribution < -0.4 is 5.32 Å². The van der Waals surface area contributed by atoms with E-state index >= 15 is 0 Å². The van der Waals surface area contributed by atoms with Crippen LogP contribution in [0.5, 0.6) is 0 Å². The highest BCUT2D eigenvalue weighted by atomic mass is 35.5. The molecule has 2 rings (SSSR count). The third kappa shape index (κ3) is 3.70. The predicted octanol–water partition coefficient (Wildman–Crippen LogP) is 4.32. The Bertz CT molecular complexity index is 354. The zero-order chi connectivity index (χ0) is 13.0. The molecule has 102 valence electrons. The largest absolute Gasteiger partial charge is 0.378 e. The zero-order valence-electron chi connectivity index (χ0n) is 11.2. The molecule has 0 bridgehead atoms. The number of halogens is 1. The van der Waals surface area contributed by atoms with Gasteiger partial charge in [0.1, 0.15) is 0 Å². The van der Waals surface area contributed by atoms with Crippen molar-refractivity contribution < 1.29 is 4.74 Å². The highest BCUT2D eigenvalue weighted by Gasteiger charge is 2.18. The van der Waals surface area contributed by atoms with Crippen molar-refractivity contribution in [1.29, 1.82) is 0 Å². The van der Waals surface area contributed by atoms with Crippen LogP contribution in [0, 0.1) is 6.92 Å². The van der Waals surface area contributed by atoms with Crippen molar-refractivity contribution in [3.05, 3.63) is 20.8 Å². The lowest BCUT2D eigenvalue weighted by Gasteiger charge is -2.24. The van der Waals surface area contributed by atoms with Crippen LogP contribution >= 0.6 is 22.9 Å². The van der Waals surface area contributed by atoms with Gasteiger partial charge in [0.25, 0.3) is 0 Å². The number of nitrogens with one attached hydrogen (secondary N) is 1. The number of aryl methyl sites for hydroxylation is 1. The van der Waals surface area contributed by atoms with Crippen molar-refractivity contribution in [3.8, 4) is 0 Å². The average molecular weight is 288 g/mol. The van der Waals surface area contributed by atoms with Crippen molar-refractivity contribution in [2.45, 2.75) is 51.2 Å². The summed E-state index contributed by atoms with van der Waals surface area (Å²) >= 11 is 7.84. The topological polar surface area (TPSA) is 21.3 Å². The van der Waals surface area contributed by atoms with E-state index in [1.54, 1.807) is 11.3 Å². The van der Waals surface area contributed by atoms with Crippen LogP contribution in [0.1, 0.15) is 48.6 Å². The molecule has 4 heteroatoms. The van der Waals surface area contributed by atoms with Gasteiger partial charge in [-0.05, 0) is 57.7 Å². The van der Waals surface area contributed by atoms with Gasteiger partial charge in [0.2, 0.25) is 0 Å². The third-order valence-electron chi connectivity index (χ3n) is 3.62. The van der Waals surface area contributed by atoms with E-state index in [1.165, 1.54) is 29.7 Å². The van der Waals surface area contributed by atoms with E-state index < -0.39 is 0 Å². The number of hydrogen-bond donors (Lipinski definition) is 1. The fourth-order valence-electron chi connectivity index (χ4n) is 2.47. The van der Waals surface area contributed by atoms with Gasteiger partial charge in [0.05, 0.1) is 10.4 Å². The van der Waals surface area contributed by atoms with Crippen LogP contribution in [-0.4, -0.2) is 19.8 Å². The molecule has 0 saturated carbocycles. The molecular weight excluding hydrogens is 266 g/mol. The first kappa shape index (κ1) is 14.3. The number of ether oxygens (including phenoxy) is 1. The van der Waals surface area contributed by atoms with Crippen LogP contribution in [0.15, 0.2) is 6.07 Å². The van der Waals surface area contributed by atoms with E-state index in [0.29, 0.717) is 12.1 Å².